The normalized spacial score (nSPS) is 19.1. The van der Waals surface area contributed by atoms with Crippen LogP contribution in [0.2, 0.25) is 0 Å². The van der Waals surface area contributed by atoms with Gasteiger partial charge in [0.15, 0.2) is 11.6 Å². The van der Waals surface area contributed by atoms with Crippen LogP contribution in [0.5, 0.6) is 5.75 Å². The Bertz CT molecular complexity index is 883. The fourth-order valence-electron chi connectivity index (χ4n) is 3.77. The number of rotatable bonds is 7. The molecule has 0 fully saturated rings. The van der Waals surface area contributed by atoms with Crippen LogP contribution in [0, 0.1) is 5.82 Å². The van der Waals surface area contributed by atoms with Crippen LogP contribution in [-0.4, -0.2) is 6.36 Å². The molecular weight excluding hydrogens is 380 g/mol. The summed E-state index contributed by atoms with van der Waals surface area (Å²) in [5.41, 5.74) is 2.42. The van der Waals surface area contributed by atoms with E-state index in [-0.39, 0.29) is 0 Å². The Hall–Kier alpha value is -2.56. The van der Waals surface area contributed by atoms with Crippen LogP contribution in [0.15, 0.2) is 66.8 Å². The van der Waals surface area contributed by atoms with Gasteiger partial charge in [-0.05, 0) is 41.7 Å². The average Bonchev–Trinajstić information content (AvgIpc) is 2.70. The van der Waals surface area contributed by atoms with Crippen molar-refractivity contribution in [3.8, 4) is 5.75 Å². The van der Waals surface area contributed by atoms with Crippen molar-refractivity contribution in [1.29, 1.82) is 0 Å². The van der Waals surface area contributed by atoms with Gasteiger partial charge < -0.3 is 4.74 Å². The Morgan fingerprint density at radius 1 is 1.03 bits per heavy atom. The Morgan fingerprint density at radius 3 is 2.38 bits per heavy atom. The predicted octanol–water partition coefficient (Wildman–Crippen LogP) is 7.59. The maximum absolute atomic E-state index is 14.4. The quantitative estimate of drug-likeness (QED) is 0.341. The van der Waals surface area contributed by atoms with Crippen LogP contribution < -0.4 is 4.74 Å². The molecule has 0 bridgehead atoms. The second kappa shape index (κ2) is 8.85. The van der Waals surface area contributed by atoms with Gasteiger partial charge in [0, 0.05) is 5.41 Å². The minimum absolute atomic E-state index is 0.439. The van der Waals surface area contributed by atoms with E-state index in [1.54, 1.807) is 6.07 Å². The third-order valence-corrected chi connectivity index (χ3v) is 5.33. The van der Waals surface area contributed by atoms with Gasteiger partial charge in [-0.25, -0.2) is 4.39 Å². The third kappa shape index (κ3) is 5.28. The molecule has 154 valence electrons. The number of hydrogen-bond donors (Lipinski definition) is 0. The highest BCUT2D eigenvalue weighted by Crippen LogP contribution is 2.42. The van der Waals surface area contributed by atoms with E-state index in [0.717, 1.165) is 42.9 Å². The fraction of sp³-hybridized carbons (Fsp3) is 0.333. The molecule has 0 aliphatic heterocycles. The zero-order valence-electron chi connectivity index (χ0n) is 16.3. The van der Waals surface area contributed by atoms with Crippen LogP contribution >= 0.6 is 0 Å². The molecule has 2 aromatic carbocycles. The zero-order valence-corrected chi connectivity index (χ0v) is 16.3. The standard InChI is InChI=1S/C24H24F4O/c1-2-3-7-14-23(15-12-19(13-16-23)18-8-5-4-6-9-18)20-10-11-22(21(25)17-20)29-24(26,27)28/h4-6,8-13,15,17H,2-3,7,14,16H2,1H3. The van der Waals surface area contributed by atoms with Gasteiger partial charge in [0.1, 0.15) is 0 Å². The SMILES string of the molecule is CCCCCC1(c2ccc(OC(F)(F)F)c(F)c2)C=CC(c2ccccc2)=CC1. The molecular formula is C24H24F4O. The van der Waals surface area contributed by atoms with E-state index in [4.69, 9.17) is 0 Å². The van der Waals surface area contributed by atoms with Crippen LogP contribution in [0.25, 0.3) is 5.57 Å². The molecule has 5 heteroatoms. The monoisotopic (exact) mass is 404 g/mol. The molecule has 0 N–H and O–H groups in total. The predicted molar refractivity (Wildman–Crippen MR) is 107 cm³/mol. The largest absolute Gasteiger partial charge is 0.573 e. The summed E-state index contributed by atoms with van der Waals surface area (Å²) in [6.07, 6.45) is 5.83. The van der Waals surface area contributed by atoms with E-state index in [1.165, 1.54) is 6.07 Å². The third-order valence-electron chi connectivity index (χ3n) is 5.33. The van der Waals surface area contributed by atoms with Crippen LogP contribution in [0.3, 0.4) is 0 Å². The molecule has 0 aromatic heterocycles. The number of halogens is 4. The highest BCUT2D eigenvalue weighted by atomic mass is 19.4. The van der Waals surface area contributed by atoms with Crippen LogP contribution in [0.1, 0.15) is 50.2 Å². The van der Waals surface area contributed by atoms with Gasteiger partial charge in [-0.2, -0.15) is 0 Å². The first-order valence-electron chi connectivity index (χ1n) is 9.83. The van der Waals surface area contributed by atoms with Gasteiger partial charge in [0.05, 0.1) is 0 Å². The second-order valence-electron chi connectivity index (χ2n) is 7.37. The lowest BCUT2D eigenvalue weighted by Crippen LogP contribution is -2.25. The molecule has 2 aromatic rings. The molecule has 1 aliphatic rings. The van der Waals surface area contributed by atoms with Gasteiger partial charge in [-0.15, -0.1) is 13.2 Å². The summed E-state index contributed by atoms with van der Waals surface area (Å²) < 4.78 is 55.5. The van der Waals surface area contributed by atoms with E-state index in [1.807, 2.05) is 36.4 Å². The Kier molecular flexibility index (Phi) is 6.46. The van der Waals surface area contributed by atoms with Crippen molar-refractivity contribution in [1.82, 2.24) is 0 Å². The van der Waals surface area contributed by atoms with Gasteiger partial charge in [0.2, 0.25) is 0 Å². The molecule has 0 amide bonds. The van der Waals surface area contributed by atoms with E-state index in [2.05, 4.69) is 23.8 Å². The van der Waals surface area contributed by atoms with Crippen molar-refractivity contribution >= 4 is 5.57 Å². The lowest BCUT2D eigenvalue weighted by molar-refractivity contribution is -0.275. The van der Waals surface area contributed by atoms with E-state index < -0.39 is 23.3 Å². The van der Waals surface area contributed by atoms with Crippen molar-refractivity contribution in [2.75, 3.05) is 0 Å². The van der Waals surface area contributed by atoms with Crippen molar-refractivity contribution in [3.63, 3.8) is 0 Å². The van der Waals surface area contributed by atoms with Crippen molar-refractivity contribution in [3.05, 3.63) is 83.7 Å². The molecule has 1 aliphatic carbocycles. The van der Waals surface area contributed by atoms with Crippen molar-refractivity contribution in [2.24, 2.45) is 0 Å². The number of alkyl halides is 3. The highest BCUT2D eigenvalue weighted by Gasteiger charge is 2.34. The molecule has 0 saturated heterocycles. The van der Waals surface area contributed by atoms with E-state index >= 15 is 0 Å². The summed E-state index contributed by atoms with van der Waals surface area (Å²) in [7, 11) is 0. The summed E-state index contributed by atoms with van der Waals surface area (Å²) in [6.45, 7) is 2.11. The van der Waals surface area contributed by atoms with Crippen LogP contribution in [-0.2, 0) is 5.41 Å². The van der Waals surface area contributed by atoms with Gasteiger partial charge >= 0.3 is 6.36 Å². The molecule has 1 unspecified atom stereocenters. The molecule has 0 saturated carbocycles. The van der Waals surface area contributed by atoms with Gasteiger partial charge in [-0.3, -0.25) is 0 Å². The van der Waals surface area contributed by atoms with Crippen LogP contribution in [0.4, 0.5) is 17.6 Å². The minimum Gasteiger partial charge on any atom is -0.403 e. The number of unbranched alkanes of at least 4 members (excludes halogenated alkanes) is 2. The van der Waals surface area contributed by atoms with E-state index in [0.29, 0.717) is 12.0 Å². The highest BCUT2D eigenvalue weighted by molar-refractivity contribution is 5.75. The molecule has 0 radical (unpaired) electrons. The van der Waals surface area contributed by atoms with Gasteiger partial charge in [-0.1, -0.05) is 80.8 Å². The van der Waals surface area contributed by atoms with Crippen molar-refractivity contribution in [2.45, 2.75) is 50.8 Å². The number of hydrogen-bond acceptors (Lipinski definition) is 1. The molecule has 0 spiro atoms. The molecule has 1 nitrogen and oxygen atoms in total. The first kappa shape index (κ1) is 21.2. The zero-order chi connectivity index (χ0) is 20.9. The molecule has 1 atom stereocenters. The smallest absolute Gasteiger partial charge is 0.403 e. The summed E-state index contributed by atoms with van der Waals surface area (Å²) in [4.78, 5) is 0. The second-order valence-corrected chi connectivity index (χ2v) is 7.37. The van der Waals surface area contributed by atoms with Crippen molar-refractivity contribution < 1.29 is 22.3 Å². The van der Waals surface area contributed by atoms with E-state index in [9.17, 15) is 17.6 Å². The molecule has 0 heterocycles. The summed E-state index contributed by atoms with van der Waals surface area (Å²) in [5, 5.41) is 0. The maximum Gasteiger partial charge on any atom is 0.573 e. The lowest BCUT2D eigenvalue weighted by atomic mass is 9.70. The molecule has 3 rings (SSSR count). The first-order valence-corrected chi connectivity index (χ1v) is 9.83. The lowest BCUT2D eigenvalue weighted by Gasteiger charge is -2.33. The minimum atomic E-state index is -4.92. The maximum atomic E-state index is 14.4. The Labute approximate surface area is 168 Å². The Morgan fingerprint density at radius 2 is 1.79 bits per heavy atom. The van der Waals surface area contributed by atoms with Gasteiger partial charge in [0.25, 0.3) is 0 Å². The summed E-state index contributed by atoms with van der Waals surface area (Å²) in [6, 6.07) is 13.8. The number of ether oxygens (including phenoxy) is 1. The molecule has 29 heavy (non-hydrogen) atoms. The number of allylic oxidation sites excluding steroid dienone is 4. The summed E-state index contributed by atoms with van der Waals surface area (Å²) >= 11 is 0. The number of benzene rings is 2. The average molecular weight is 404 g/mol. The first-order chi connectivity index (χ1) is 13.8. The fourth-order valence-corrected chi connectivity index (χ4v) is 3.77. The topological polar surface area (TPSA) is 9.23 Å². The Balaban J connectivity index is 1.89. The summed E-state index contributed by atoms with van der Waals surface area (Å²) in [5.74, 6) is -1.80.